The maximum absolute atomic E-state index is 11.4. The molecule has 1 aromatic rings. The van der Waals surface area contributed by atoms with Crippen molar-refractivity contribution in [3.05, 3.63) is 27.4 Å². The number of aromatic nitrogens is 2. The first-order chi connectivity index (χ1) is 6.00. The molecule has 0 aliphatic carbocycles. The molecule has 1 N–H and O–H groups in total. The van der Waals surface area contributed by atoms with Crippen LogP contribution in [0.4, 0.5) is 0 Å². The third kappa shape index (κ3) is 1.18. The van der Waals surface area contributed by atoms with Crippen LogP contribution in [0.1, 0.15) is 30.9 Å². The second-order valence-electron chi connectivity index (χ2n) is 3.78. The molecule has 1 aromatic heterocycles. The number of H-pyrrole nitrogens is 1. The smallest absolute Gasteiger partial charge is 0.256 e. The van der Waals surface area contributed by atoms with Crippen LogP contribution in [-0.2, 0) is 16.9 Å². The Morgan fingerprint density at radius 1 is 1.54 bits per heavy atom. The molecule has 0 radical (unpaired) electrons. The number of aromatic amines is 1. The molecule has 13 heavy (non-hydrogen) atoms. The second kappa shape index (κ2) is 2.42. The molecule has 0 saturated heterocycles. The van der Waals surface area contributed by atoms with E-state index >= 15 is 0 Å². The van der Waals surface area contributed by atoms with Crippen molar-refractivity contribution in [1.29, 1.82) is 0 Å². The molecule has 0 spiro atoms. The first kappa shape index (κ1) is 8.44. The lowest BCUT2D eigenvalue weighted by Gasteiger charge is -2.16. The molecule has 0 fully saturated rings. The number of hydrogen-bond donors (Lipinski definition) is 1. The van der Waals surface area contributed by atoms with Crippen LogP contribution in [0.5, 0.6) is 0 Å². The van der Waals surface area contributed by atoms with Gasteiger partial charge in [-0.3, -0.25) is 4.79 Å². The summed E-state index contributed by atoms with van der Waals surface area (Å²) in [5, 5.41) is 0. The summed E-state index contributed by atoms with van der Waals surface area (Å²) in [5.74, 6) is 0.641. The third-order valence-electron chi connectivity index (χ3n) is 2.28. The number of ether oxygens (including phenoxy) is 1. The Morgan fingerprint density at radius 3 is 2.92 bits per heavy atom. The Hall–Kier alpha value is -1.16. The summed E-state index contributed by atoms with van der Waals surface area (Å²) in [4.78, 5) is 18.4. The predicted octanol–water partition coefficient (Wildman–Crippen LogP) is 0.844. The van der Waals surface area contributed by atoms with Gasteiger partial charge in [-0.15, -0.1) is 0 Å². The SMILES string of the molecule is Cc1nc2c(c(=O)[nH]1)COC2(C)C. The maximum atomic E-state index is 11.4. The van der Waals surface area contributed by atoms with Gasteiger partial charge in [0.15, 0.2) is 0 Å². The molecular weight excluding hydrogens is 168 g/mol. The van der Waals surface area contributed by atoms with Crippen molar-refractivity contribution in [3.8, 4) is 0 Å². The molecule has 0 amide bonds. The summed E-state index contributed by atoms with van der Waals surface area (Å²) in [6.07, 6.45) is 0. The summed E-state index contributed by atoms with van der Waals surface area (Å²) in [6.45, 7) is 5.98. The zero-order valence-corrected chi connectivity index (χ0v) is 7.97. The molecular formula is C9H12N2O2. The maximum Gasteiger partial charge on any atom is 0.256 e. The Kier molecular flexibility index (Phi) is 1.57. The van der Waals surface area contributed by atoms with Crippen LogP contribution in [0.15, 0.2) is 4.79 Å². The van der Waals surface area contributed by atoms with E-state index < -0.39 is 5.60 Å². The van der Waals surface area contributed by atoms with Crippen molar-refractivity contribution in [2.75, 3.05) is 0 Å². The molecule has 4 heteroatoms. The highest BCUT2D eigenvalue weighted by Gasteiger charge is 2.34. The second-order valence-corrected chi connectivity index (χ2v) is 3.78. The van der Waals surface area contributed by atoms with Gasteiger partial charge in [-0.1, -0.05) is 0 Å². The van der Waals surface area contributed by atoms with E-state index in [0.717, 1.165) is 5.69 Å². The van der Waals surface area contributed by atoms with Crippen LogP contribution in [0, 0.1) is 6.92 Å². The van der Waals surface area contributed by atoms with Crippen molar-refractivity contribution in [3.63, 3.8) is 0 Å². The van der Waals surface area contributed by atoms with Crippen LogP contribution in [0.25, 0.3) is 0 Å². The van der Waals surface area contributed by atoms with E-state index in [1.54, 1.807) is 6.92 Å². The summed E-state index contributed by atoms with van der Waals surface area (Å²) in [5.41, 5.74) is 0.936. The number of fused-ring (bicyclic) bond motifs is 1. The fraction of sp³-hybridized carbons (Fsp3) is 0.556. The van der Waals surface area contributed by atoms with Crippen molar-refractivity contribution in [1.82, 2.24) is 9.97 Å². The van der Waals surface area contributed by atoms with Gasteiger partial charge in [0.1, 0.15) is 11.4 Å². The average Bonchev–Trinajstić information content (AvgIpc) is 2.28. The van der Waals surface area contributed by atoms with Gasteiger partial charge in [0.05, 0.1) is 17.9 Å². The first-order valence-electron chi connectivity index (χ1n) is 4.25. The minimum atomic E-state index is -0.422. The molecule has 0 saturated carbocycles. The molecule has 4 nitrogen and oxygen atoms in total. The lowest BCUT2D eigenvalue weighted by atomic mass is 10.0. The fourth-order valence-corrected chi connectivity index (χ4v) is 1.56. The molecule has 0 bridgehead atoms. The predicted molar refractivity (Wildman–Crippen MR) is 47.4 cm³/mol. The Bertz CT molecular complexity index is 407. The molecule has 0 atom stereocenters. The van der Waals surface area contributed by atoms with Gasteiger partial charge < -0.3 is 9.72 Å². The molecule has 2 heterocycles. The van der Waals surface area contributed by atoms with Gasteiger partial charge in [0.2, 0.25) is 0 Å². The fourth-order valence-electron chi connectivity index (χ4n) is 1.56. The Morgan fingerprint density at radius 2 is 2.23 bits per heavy atom. The van der Waals surface area contributed by atoms with Crippen molar-refractivity contribution >= 4 is 0 Å². The van der Waals surface area contributed by atoms with Crippen LogP contribution in [-0.4, -0.2) is 9.97 Å². The number of hydrogen-bond acceptors (Lipinski definition) is 3. The van der Waals surface area contributed by atoms with Gasteiger partial charge >= 0.3 is 0 Å². The van der Waals surface area contributed by atoms with E-state index in [2.05, 4.69) is 9.97 Å². The van der Waals surface area contributed by atoms with E-state index in [-0.39, 0.29) is 5.56 Å². The third-order valence-corrected chi connectivity index (χ3v) is 2.28. The highest BCUT2D eigenvalue weighted by molar-refractivity contribution is 5.26. The first-order valence-corrected chi connectivity index (χ1v) is 4.25. The van der Waals surface area contributed by atoms with E-state index in [1.807, 2.05) is 13.8 Å². The van der Waals surface area contributed by atoms with E-state index in [4.69, 9.17) is 4.74 Å². The van der Waals surface area contributed by atoms with Gasteiger partial charge in [-0.05, 0) is 20.8 Å². The molecule has 0 unspecified atom stereocenters. The van der Waals surface area contributed by atoms with Crippen LogP contribution >= 0.6 is 0 Å². The van der Waals surface area contributed by atoms with Gasteiger partial charge in [-0.25, -0.2) is 4.98 Å². The van der Waals surface area contributed by atoms with Crippen LogP contribution < -0.4 is 5.56 Å². The highest BCUT2D eigenvalue weighted by atomic mass is 16.5. The molecule has 2 rings (SSSR count). The minimum Gasteiger partial charge on any atom is -0.364 e. The van der Waals surface area contributed by atoms with Crippen LogP contribution in [0.2, 0.25) is 0 Å². The van der Waals surface area contributed by atoms with E-state index in [1.165, 1.54) is 0 Å². The molecule has 1 aliphatic heterocycles. The van der Waals surface area contributed by atoms with Gasteiger partial charge in [-0.2, -0.15) is 0 Å². The largest absolute Gasteiger partial charge is 0.364 e. The average molecular weight is 180 g/mol. The lowest BCUT2D eigenvalue weighted by Crippen LogP contribution is -2.21. The van der Waals surface area contributed by atoms with Gasteiger partial charge in [0.25, 0.3) is 5.56 Å². The Balaban J connectivity index is 2.72. The summed E-state index contributed by atoms with van der Waals surface area (Å²) >= 11 is 0. The zero-order valence-electron chi connectivity index (χ0n) is 7.97. The highest BCUT2D eigenvalue weighted by Crippen LogP contribution is 2.31. The lowest BCUT2D eigenvalue weighted by molar-refractivity contribution is -0.0102. The normalized spacial score (nSPS) is 18.7. The van der Waals surface area contributed by atoms with Crippen molar-refractivity contribution < 1.29 is 4.74 Å². The molecule has 1 aliphatic rings. The zero-order chi connectivity index (χ0) is 9.64. The summed E-state index contributed by atoms with van der Waals surface area (Å²) < 4.78 is 5.46. The Labute approximate surface area is 76.0 Å². The monoisotopic (exact) mass is 180 g/mol. The van der Waals surface area contributed by atoms with Crippen LogP contribution in [0.3, 0.4) is 0 Å². The summed E-state index contributed by atoms with van der Waals surface area (Å²) in [6, 6.07) is 0. The quantitative estimate of drug-likeness (QED) is 0.643. The molecule has 0 aromatic carbocycles. The number of aryl methyl sites for hydroxylation is 1. The van der Waals surface area contributed by atoms with Crippen molar-refractivity contribution in [2.45, 2.75) is 33.0 Å². The summed E-state index contributed by atoms with van der Waals surface area (Å²) in [7, 11) is 0. The van der Waals surface area contributed by atoms with E-state index in [9.17, 15) is 4.79 Å². The standard InChI is InChI=1S/C9H12N2O2/c1-5-10-7-6(8(12)11-5)4-13-9(7,2)3/h4H2,1-3H3,(H,10,11,12). The van der Waals surface area contributed by atoms with Gasteiger partial charge in [0, 0.05) is 0 Å². The number of rotatable bonds is 0. The number of nitrogens with one attached hydrogen (secondary N) is 1. The molecule has 70 valence electrons. The topological polar surface area (TPSA) is 55.0 Å². The van der Waals surface area contributed by atoms with E-state index in [0.29, 0.717) is 18.0 Å². The van der Waals surface area contributed by atoms with Crippen molar-refractivity contribution in [2.24, 2.45) is 0 Å². The number of nitrogens with zero attached hydrogens (tertiary/aromatic N) is 1. The minimum absolute atomic E-state index is 0.0759.